The molecule has 2 aliphatic carbocycles. The van der Waals surface area contributed by atoms with Crippen LogP contribution in [0.5, 0.6) is 5.75 Å². The van der Waals surface area contributed by atoms with E-state index < -0.39 is 0 Å². The molecule has 1 heterocycles. The quantitative estimate of drug-likeness (QED) is 0.249. The standard InChI is InChI=1S/C33H34N2O2S/c36-32(35-25-14-5-2-6-15-25)31-27-17-9-10-18-30(27)38-33(31)34-21-28-26-16-8-7-13-24(26)19-20-29(28)37-22-23-11-3-1-4-12-23/h1,3-4,7-8,11-13,16,19-21,25H,2,5-6,9-10,14-15,17-18,22H2,(H,35,36)/b34-21-. The maximum absolute atomic E-state index is 13.6. The third kappa shape index (κ3) is 5.39. The van der Waals surface area contributed by atoms with Crippen molar-refractivity contribution in [2.24, 2.45) is 4.99 Å². The van der Waals surface area contributed by atoms with Gasteiger partial charge in [-0.15, -0.1) is 11.3 Å². The first-order valence-corrected chi connectivity index (χ1v) is 14.8. The van der Waals surface area contributed by atoms with Crippen LogP contribution in [-0.2, 0) is 19.4 Å². The van der Waals surface area contributed by atoms with Gasteiger partial charge in [-0.2, -0.15) is 0 Å². The maximum Gasteiger partial charge on any atom is 0.254 e. The second kappa shape index (κ2) is 11.5. The first kappa shape index (κ1) is 24.9. The molecule has 1 N–H and O–H groups in total. The van der Waals surface area contributed by atoms with Crippen LogP contribution >= 0.6 is 11.3 Å². The highest BCUT2D eigenvalue weighted by Crippen LogP contribution is 2.40. The molecule has 1 aromatic heterocycles. The van der Waals surface area contributed by atoms with Crippen LogP contribution in [0, 0.1) is 0 Å². The van der Waals surface area contributed by atoms with Gasteiger partial charge in [0.2, 0.25) is 0 Å². The molecule has 6 rings (SSSR count). The first-order chi connectivity index (χ1) is 18.8. The number of nitrogens with zero attached hydrogens (tertiary/aromatic N) is 1. The number of ether oxygens (including phenoxy) is 1. The number of hydrogen-bond acceptors (Lipinski definition) is 4. The Morgan fingerprint density at radius 2 is 1.71 bits per heavy atom. The Kier molecular flexibility index (Phi) is 7.54. The topological polar surface area (TPSA) is 50.7 Å². The Balaban J connectivity index is 1.35. The van der Waals surface area contributed by atoms with Gasteiger partial charge in [0.1, 0.15) is 17.4 Å². The zero-order valence-corrected chi connectivity index (χ0v) is 22.6. The number of carbonyl (C=O) groups excluding carboxylic acids is 1. The summed E-state index contributed by atoms with van der Waals surface area (Å²) in [5.41, 5.74) is 4.10. The number of rotatable bonds is 7. The Bertz CT molecular complexity index is 1450. The van der Waals surface area contributed by atoms with E-state index in [0.29, 0.717) is 6.61 Å². The van der Waals surface area contributed by atoms with Crippen molar-refractivity contribution in [3.63, 3.8) is 0 Å². The fourth-order valence-corrected chi connectivity index (χ4v) is 7.00. The summed E-state index contributed by atoms with van der Waals surface area (Å²) in [4.78, 5) is 20.0. The summed E-state index contributed by atoms with van der Waals surface area (Å²) >= 11 is 1.69. The van der Waals surface area contributed by atoms with Gasteiger partial charge in [-0.1, -0.05) is 79.9 Å². The lowest BCUT2D eigenvalue weighted by molar-refractivity contribution is 0.0927. The van der Waals surface area contributed by atoms with E-state index in [2.05, 4.69) is 41.7 Å². The second-order valence-corrected chi connectivity index (χ2v) is 11.5. The molecule has 4 nitrogen and oxygen atoms in total. The minimum absolute atomic E-state index is 0.0573. The number of fused-ring (bicyclic) bond motifs is 2. The zero-order valence-electron chi connectivity index (χ0n) is 21.7. The van der Waals surface area contributed by atoms with E-state index in [0.717, 1.165) is 70.3 Å². The third-order valence-electron chi connectivity index (χ3n) is 7.80. The van der Waals surface area contributed by atoms with E-state index in [-0.39, 0.29) is 11.9 Å². The Labute approximate surface area is 228 Å². The molecule has 5 heteroatoms. The highest BCUT2D eigenvalue weighted by Gasteiger charge is 2.27. The normalized spacial score (nSPS) is 16.0. The summed E-state index contributed by atoms with van der Waals surface area (Å²) in [5, 5.41) is 6.42. The van der Waals surface area contributed by atoms with Crippen molar-refractivity contribution in [2.45, 2.75) is 70.4 Å². The van der Waals surface area contributed by atoms with Crippen molar-refractivity contribution in [3.05, 3.63) is 93.9 Å². The van der Waals surface area contributed by atoms with Crippen LogP contribution in [-0.4, -0.2) is 18.2 Å². The van der Waals surface area contributed by atoms with Gasteiger partial charge in [0.15, 0.2) is 0 Å². The summed E-state index contributed by atoms with van der Waals surface area (Å²) in [6.45, 7) is 0.488. The van der Waals surface area contributed by atoms with Crippen molar-refractivity contribution in [1.82, 2.24) is 5.32 Å². The van der Waals surface area contributed by atoms with Crippen LogP contribution < -0.4 is 10.1 Å². The van der Waals surface area contributed by atoms with Crippen LogP contribution in [0.1, 0.15) is 76.9 Å². The molecule has 0 unspecified atom stereocenters. The number of thiophene rings is 1. The zero-order chi connectivity index (χ0) is 25.7. The second-order valence-electron chi connectivity index (χ2n) is 10.4. The predicted molar refractivity (Wildman–Crippen MR) is 157 cm³/mol. The number of carbonyl (C=O) groups is 1. The minimum atomic E-state index is 0.0573. The van der Waals surface area contributed by atoms with E-state index in [4.69, 9.17) is 9.73 Å². The molecule has 2 aliphatic rings. The summed E-state index contributed by atoms with van der Waals surface area (Å²) in [5.74, 6) is 0.854. The summed E-state index contributed by atoms with van der Waals surface area (Å²) < 4.78 is 6.31. The van der Waals surface area contributed by atoms with Gasteiger partial charge in [0.25, 0.3) is 5.91 Å². The minimum Gasteiger partial charge on any atom is -0.488 e. The number of aryl methyl sites for hydroxylation is 1. The number of benzene rings is 3. The largest absolute Gasteiger partial charge is 0.488 e. The molecule has 0 bridgehead atoms. The molecule has 0 spiro atoms. The Hall–Kier alpha value is -3.44. The van der Waals surface area contributed by atoms with Crippen molar-refractivity contribution in [2.75, 3.05) is 0 Å². The highest BCUT2D eigenvalue weighted by atomic mass is 32.1. The van der Waals surface area contributed by atoms with Gasteiger partial charge in [0, 0.05) is 22.7 Å². The third-order valence-corrected chi connectivity index (χ3v) is 9.00. The van der Waals surface area contributed by atoms with Gasteiger partial charge >= 0.3 is 0 Å². The fourth-order valence-electron chi connectivity index (χ4n) is 5.77. The maximum atomic E-state index is 13.6. The molecular formula is C33H34N2O2S. The van der Waals surface area contributed by atoms with E-state index in [1.165, 1.54) is 36.1 Å². The van der Waals surface area contributed by atoms with Crippen molar-refractivity contribution in [1.29, 1.82) is 0 Å². The Morgan fingerprint density at radius 3 is 2.58 bits per heavy atom. The van der Waals surface area contributed by atoms with Crippen LogP contribution in [0.2, 0.25) is 0 Å². The van der Waals surface area contributed by atoms with E-state index in [1.807, 2.05) is 36.5 Å². The molecule has 0 radical (unpaired) electrons. The lowest BCUT2D eigenvalue weighted by Gasteiger charge is -2.23. The lowest BCUT2D eigenvalue weighted by atomic mass is 9.93. The molecule has 0 aliphatic heterocycles. The van der Waals surface area contributed by atoms with Gasteiger partial charge in [-0.3, -0.25) is 4.79 Å². The fraction of sp³-hybridized carbons (Fsp3) is 0.333. The number of aliphatic imine (C=N–C) groups is 1. The van der Waals surface area contributed by atoms with Gasteiger partial charge in [-0.25, -0.2) is 4.99 Å². The molecular weight excluding hydrogens is 488 g/mol. The number of nitrogens with one attached hydrogen (secondary N) is 1. The SMILES string of the molecule is O=C(NC1CCCCC1)c1c(/N=C\c2c(OCc3ccccc3)ccc3ccccc23)sc2c1CCCC2. The van der Waals surface area contributed by atoms with Crippen molar-refractivity contribution >= 4 is 39.2 Å². The summed E-state index contributed by atoms with van der Waals surface area (Å²) in [6.07, 6.45) is 12.1. The molecule has 0 saturated heterocycles. The molecule has 0 atom stereocenters. The van der Waals surface area contributed by atoms with Crippen LogP contribution in [0.15, 0.2) is 71.7 Å². The number of hydrogen-bond donors (Lipinski definition) is 1. The molecule has 1 amide bonds. The first-order valence-electron chi connectivity index (χ1n) is 13.9. The molecule has 38 heavy (non-hydrogen) atoms. The van der Waals surface area contributed by atoms with Gasteiger partial charge in [0.05, 0.1) is 5.56 Å². The summed E-state index contributed by atoms with van der Waals surface area (Å²) in [6, 6.07) is 22.9. The average Bonchev–Trinajstić information content (AvgIpc) is 3.34. The molecule has 4 aromatic rings. The Morgan fingerprint density at radius 1 is 0.921 bits per heavy atom. The van der Waals surface area contributed by atoms with Crippen molar-refractivity contribution in [3.8, 4) is 5.75 Å². The van der Waals surface area contributed by atoms with Gasteiger partial charge < -0.3 is 10.1 Å². The van der Waals surface area contributed by atoms with Crippen LogP contribution in [0.4, 0.5) is 5.00 Å². The monoisotopic (exact) mass is 522 g/mol. The van der Waals surface area contributed by atoms with Crippen molar-refractivity contribution < 1.29 is 9.53 Å². The van der Waals surface area contributed by atoms with E-state index in [1.54, 1.807) is 11.3 Å². The van der Waals surface area contributed by atoms with Gasteiger partial charge in [-0.05, 0) is 66.5 Å². The lowest BCUT2D eigenvalue weighted by Crippen LogP contribution is -2.36. The molecule has 1 saturated carbocycles. The van der Waals surface area contributed by atoms with E-state index >= 15 is 0 Å². The van der Waals surface area contributed by atoms with Crippen LogP contribution in [0.25, 0.3) is 10.8 Å². The summed E-state index contributed by atoms with van der Waals surface area (Å²) in [7, 11) is 0. The number of amides is 1. The molecule has 3 aromatic carbocycles. The molecule has 1 fully saturated rings. The predicted octanol–water partition coefficient (Wildman–Crippen LogP) is 8.17. The smallest absolute Gasteiger partial charge is 0.254 e. The molecule has 194 valence electrons. The highest BCUT2D eigenvalue weighted by molar-refractivity contribution is 7.16. The van der Waals surface area contributed by atoms with Crippen LogP contribution in [0.3, 0.4) is 0 Å². The van der Waals surface area contributed by atoms with E-state index in [9.17, 15) is 4.79 Å². The average molecular weight is 523 g/mol.